The van der Waals surface area contributed by atoms with Crippen LogP contribution in [0.4, 0.5) is 17.6 Å². The second-order valence-corrected chi connectivity index (χ2v) is 6.42. The predicted octanol–water partition coefficient (Wildman–Crippen LogP) is 4.94. The molecule has 1 saturated heterocycles. The first-order chi connectivity index (χ1) is 13.5. The minimum absolute atomic E-state index is 0.103. The van der Waals surface area contributed by atoms with Gasteiger partial charge in [-0.15, -0.1) is 0 Å². The SMILES string of the molecule is CCc1cccc(Oc2c(F)c(F)c(C=CCN3CCOCC3)c(F)c2F)c1. The molecule has 0 atom stereocenters. The number of rotatable bonds is 6. The summed E-state index contributed by atoms with van der Waals surface area (Å²) >= 11 is 0. The van der Waals surface area contributed by atoms with Crippen LogP contribution in [0.2, 0.25) is 0 Å². The summed E-state index contributed by atoms with van der Waals surface area (Å²) < 4.78 is 67.8. The van der Waals surface area contributed by atoms with Crippen molar-refractivity contribution in [3.05, 3.63) is 64.7 Å². The molecule has 28 heavy (non-hydrogen) atoms. The normalized spacial score (nSPS) is 15.3. The Morgan fingerprint density at radius 1 is 1.04 bits per heavy atom. The summed E-state index contributed by atoms with van der Waals surface area (Å²) in [4.78, 5) is 2.00. The summed E-state index contributed by atoms with van der Waals surface area (Å²) in [7, 11) is 0. The smallest absolute Gasteiger partial charge is 0.205 e. The van der Waals surface area contributed by atoms with Gasteiger partial charge in [-0.2, -0.15) is 8.78 Å². The second kappa shape index (κ2) is 9.21. The van der Waals surface area contributed by atoms with Crippen LogP contribution < -0.4 is 4.74 Å². The number of halogens is 4. The van der Waals surface area contributed by atoms with Gasteiger partial charge in [0.05, 0.1) is 18.8 Å². The lowest BCUT2D eigenvalue weighted by Crippen LogP contribution is -2.36. The van der Waals surface area contributed by atoms with Gasteiger partial charge in [0.25, 0.3) is 0 Å². The van der Waals surface area contributed by atoms with Crippen molar-refractivity contribution in [3.8, 4) is 11.5 Å². The molecule has 0 radical (unpaired) electrons. The van der Waals surface area contributed by atoms with Gasteiger partial charge in [-0.3, -0.25) is 4.90 Å². The summed E-state index contributed by atoms with van der Waals surface area (Å²) in [5.41, 5.74) is 0.0971. The molecule has 1 aliphatic rings. The largest absolute Gasteiger partial charge is 0.451 e. The fraction of sp³-hybridized carbons (Fsp3) is 0.333. The highest BCUT2D eigenvalue weighted by molar-refractivity contribution is 5.54. The third-order valence-corrected chi connectivity index (χ3v) is 4.54. The minimum atomic E-state index is -1.56. The molecule has 0 bridgehead atoms. The summed E-state index contributed by atoms with van der Waals surface area (Å²) in [6, 6.07) is 6.47. The summed E-state index contributed by atoms with van der Waals surface area (Å²) in [6.45, 7) is 4.81. The first kappa shape index (κ1) is 20.4. The Bertz CT molecular complexity index is 835. The van der Waals surface area contributed by atoms with Gasteiger partial charge in [0.2, 0.25) is 17.4 Å². The minimum Gasteiger partial charge on any atom is -0.451 e. The fourth-order valence-electron chi connectivity index (χ4n) is 2.91. The van der Waals surface area contributed by atoms with Crippen LogP contribution in [0, 0.1) is 23.3 Å². The number of nitrogens with zero attached hydrogens (tertiary/aromatic N) is 1. The van der Waals surface area contributed by atoms with E-state index in [1.807, 2.05) is 17.9 Å². The van der Waals surface area contributed by atoms with E-state index in [1.165, 1.54) is 12.1 Å². The average Bonchev–Trinajstić information content (AvgIpc) is 2.73. The molecule has 0 saturated carbocycles. The lowest BCUT2D eigenvalue weighted by molar-refractivity contribution is 0.0435. The zero-order valence-electron chi connectivity index (χ0n) is 15.5. The van der Waals surface area contributed by atoms with Crippen LogP contribution in [0.5, 0.6) is 11.5 Å². The Morgan fingerprint density at radius 2 is 1.71 bits per heavy atom. The molecule has 0 spiro atoms. The van der Waals surface area contributed by atoms with Gasteiger partial charge in [-0.25, -0.2) is 8.78 Å². The second-order valence-electron chi connectivity index (χ2n) is 6.42. The molecule has 0 N–H and O–H groups in total. The van der Waals surface area contributed by atoms with Crippen molar-refractivity contribution in [1.29, 1.82) is 0 Å². The molecule has 0 unspecified atom stereocenters. The van der Waals surface area contributed by atoms with Gasteiger partial charge in [-0.1, -0.05) is 31.2 Å². The Kier molecular flexibility index (Phi) is 6.70. The summed E-state index contributed by atoms with van der Waals surface area (Å²) in [5, 5.41) is 0. The average molecular weight is 395 g/mol. The molecule has 1 fully saturated rings. The van der Waals surface area contributed by atoms with E-state index in [0.717, 1.165) is 11.6 Å². The van der Waals surface area contributed by atoms with Crippen LogP contribution in [0.25, 0.3) is 6.08 Å². The van der Waals surface area contributed by atoms with Crippen molar-refractivity contribution >= 4 is 6.08 Å². The highest BCUT2D eigenvalue weighted by Gasteiger charge is 2.26. The quantitative estimate of drug-likeness (QED) is 0.511. The summed E-state index contributed by atoms with van der Waals surface area (Å²) in [5.74, 6) is -7.09. The first-order valence-corrected chi connectivity index (χ1v) is 9.10. The van der Waals surface area contributed by atoms with Crippen molar-refractivity contribution in [1.82, 2.24) is 4.90 Å². The van der Waals surface area contributed by atoms with Gasteiger partial charge in [0.1, 0.15) is 5.75 Å². The maximum atomic E-state index is 14.4. The molecule has 0 amide bonds. The molecule has 3 rings (SSSR count). The molecular weight excluding hydrogens is 374 g/mol. The number of hydrogen-bond donors (Lipinski definition) is 0. The van der Waals surface area contributed by atoms with Gasteiger partial charge < -0.3 is 9.47 Å². The van der Waals surface area contributed by atoms with E-state index in [4.69, 9.17) is 9.47 Å². The zero-order chi connectivity index (χ0) is 20.1. The summed E-state index contributed by atoms with van der Waals surface area (Å²) in [6.07, 6.45) is 3.20. The van der Waals surface area contributed by atoms with Crippen LogP contribution in [-0.2, 0) is 11.2 Å². The van der Waals surface area contributed by atoms with Gasteiger partial charge in [-0.05, 0) is 24.1 Å². The van der Waals surface area contributed by atoms with Crippen molar-refractivity contribution in [3.63, 3.8) is 0 Å². The number of ether oxygens (including phenoxy) is 2. The number of benzene rings is 2. The molecule has 1 heterocycles. The highest BCUT2D eigenvalue weighted by Crippen LogP contribution is 2.34. The van der Waals surface area contributed by atoms with Crippen LogP contribution in [0.3, 0.4) is 0 Å². The maximum Gasteiger partial charge on any atom is 0.205 e. The Hall–Kier alpha value is -2.38. The standard InChI is InChI=1S/C21H21F4NO2/c1-2-14-5-3-6-15(13-14)28-21-19(24)17(22)16(18(23)20(21)25)7-4-8-26-9-11-27-12-10-26/h3-7,13H,2,8-12H2,1H3. The molecule has 2 aromatic rings. The van der Waals surface area contributed by atoms with E-state index in [2.05, 4.69) is 0 Å². The van der Waals surface area contributed by atoms with Crippen molar-refractivity contribution < 1.29 is 27.0 Å². The van der Waals surface area contributed by atoms with Crippen molar-refractivity contribution in [2.75, 3.05) is 32.8 Å². The number of hydrogen-bond acceptors (Lipinski definition) is 3. The molecule has 150 valence electrons. The third-order valence-electron chi connectivity index (χ3n) is 4.54. The van der Waals surface area contributed by atoms with Crippen LogP contribution in [-0.4, -0.2) is 37.7 Å². The Labute approximate surface area is 161 Å². The molecular formula is C21H21F4NO2. The topological polar surface area (TPSA) is 21.7 Å². The fourth-order valence-corrected chi connectivity index (χ4v) is 2.91. The van der Waals surface area contributed by atoms with Crippen molar-refractivity contribution in [2.45, 2.75) is 13.3 Å². The van der Waals surface area contributed by atoms with Crippen LogP contribution in [0.15, 0.2) is 30.3 Å². The molecule has 3 nitrogen and oxygen atoms in total. The van der Waals surface area contributed by atoms with E-state index in [9.17, 15) is 17.6 Å². The van der Waals surface area contributed by atoms with Crippen molar-refractivity contribution in [2.24, 2.45) is 0 Å². The number of morpholine rings is 1. The Morgan fingerprint density at radius 3 is 2.36 bits per heavy atom. The van der Waals surface area contributed by atoms with E-state index in [0.29, 0.717) is 39.3 Å². The molecule has 2 aromatic carbocycles. The number of aryl methyl sites for hydroxylation is 1. The van der Waals surface area contributed by atoms with E-state index in [-0.39, 0.29) is 5.75 Å². The Balaban J connectivity index is 1.84. The molecule has 0 aliphatic carbocycles. The zero-order valence-corrected chi connectivity index (χ0v) is 15.5. The van der Waals surface area contributed by atoms with E-state index in [1.54, 1.807) is 12.1 Å². The molecule has 1 aliphatic heterocycles. The third kappa shape index (κ3) is 4.54. The lowest BCUT2D eigenvalue weighted by atomic mass is 10.1. The monoisotopic (exact) mass is 395 g/mol. The van der Waals surface area contributed by atoms with Gasteiger partial charge in [0.15, 0.2) is 11.6 Å². The van der Waals surface area contributed by atoms with Crippen LogP contribution >= 0.6 is 0 Å². The van der Waals surface area contributed by atoms with Gasteiger partial charge in [0, 0.05) is 19.6 Å². The molecule has 7 heteroatoms. The maximum absolute atomic E-state index is 14.4. The van der Waals surface area contributed by atoms with Gasteiger partial charge >= 0.3 is 0 Å². The molecule has 0 aromatic heterocycles. The highest BCUT2D eigenvalue weighted by atomic mass is 19.2. The predicted molar refractivity (Wildman–Crippen MR) is 98.5 cm³/mol. The lowest BCUT2D eigenvalue weighted by Gasteiger charge is -2.25. The van der Waals surface area contributed by atoms with E-state index >= 15 is 0 Å². The van der Waals surface area contributed by atoms with Crippen LogP contribution in [0.1, 0.15) is 18.1 Å². The van der Waals surface area contributed by atoms with E-state index < -0.39 is 34.6 Å². The first-order valence-electron chi connectivity index (χ1n) is 9.10.